The SMILES string of the molecule is C=CCC(CO)(CC=C)NC(=O)/C=C/c1ccccc1. The van der Waals surface area contributed by atoms with Gasteiger partial charge in [0.1, 0.15) is 0 Å². The highest BCUT2D eigenvalue weighted by molar-refractivity contribution is 5.92. The number of amides is 1. The lowest BCUT2D eigenvalue weighted by atomic mass is 9.92. The van der Waals surface area contributed by atoms with E-state index < -0.39 is 5.54 Å². The smallest absolute Gasteiger partial charge is 0.244 e. The van der Waals surface area contributed by atoms with Gasteiger partial charge in [0, 0.05) is 6.08 Å². The van der Waals surface area contributed by atoms with Gasteiger partial charge in [-0.25, -0.2) is 0 Å². The minimum Gasteiger partial charge on any atom is -0.394 e. The highest BCUT2D eigenvalue weighted by Crippen LogP contribution is 2.16. The number of benzene rings is 1. The number of aliphatic hydroxyl groups is 1. The van der Waals surface area contributed by atoms with E-state index in [2.05, 4.69) is 18.5 Å². The summed E-state index contributed by atoms with van der Waals surface area (Å²) in [5.74, 6) is -0.244. The first-order chi connectivity index (χ1) is 9.65. The Balaban J connectivity index is 2.73. The van der Waals surface area contributed by atoms with Crippen LogP contribution in [0, 0.1) is 0 Å². The number of hydrogen-bond acceptors (Lipinski definition) is 2. The zero-order valence-corrected chi connectivity index (χ0v) is 11.6. The number of hydrogen-bond donors (Lipinski definition) is 2. The fourth-order valence-electron chi connectivity index (χ4n) is 1.95. The molecule has 0 unspecified atom stereocenters. The van der Waals surface area contributed by atoms with Crippen LogP contribution in [0.15, 0.2) is 61.7 Å². The van der Waals surface area contributed by atoms with E-state index in [0.717, 1.165) is 5.56 Å². The second-order valence-electron chi connectivity index (χ2n) is 4.66. The molecule has 106 valence electrons. The Kier molecular flexibility index (Phi) is 6.47. The number of carbonyl (C=O) groups excluding carboxylic acids is 1. The maximum Gasteiger partial charge on any atom is 0.244 e. The van der Waals surface area contributed by atoms with Gasteiger partial charge in [0.05, 0.1) is 12.1 Å². The van der Waals surface area contributed by atoms with Crippen molar-refractivity contribution in [1.29, 1.82) is 0 Å². The first-order valence-electron chi connectivity index (χ1n) is 6.54. The van der Waals surface area contributed by atoms with Gasteiger partial charge in [-0.2, -0.15) is 0 Å². The monoisotopic (exact) mass is 271 g/mol. The number of carbonyl (C=O) groups is 1. The molecule has 0 heterocycles. The summed E-state index contributed by atoms with van der Waals surface area (Å²) in [5, 5.41) is 12.4. The number of rotatable bonds is 8. The minimum atomic E-state index is -0.721. The van der Waals surface area contributed by atoms with Crippen molar-refractivity contribution in [3.05, 3.63) is 67.3 Å². The van der Waals surface area contributed by atoms with Crippen molar-refractivity contribution in [3.8, 4) is 0 Å². The molecule has 0 radical (unpaired) electrons. The summed E-state index contributed by atoms with van der Waals surface area (Å²) < 4.78 is 0. The number of aliphatic hydroxyl groups excluding tert-OH is 1. The molecule has 0 aliphatic carbocycles. The van der Waals surface area contributed by atoms with Gasteiger partial charge < -0.3 is 10.4 Å². The van der Waals surface area contributed by atoms with Gasteiger partial charge >= 0.3 is 0 Å². The van der Waals surface area contributed by atoms with E-state index >= 15 is 0 Å². The lowest BCUT2D eigenvalue weighted by Gasteiger charge is -2.30. The average Bonchev–Trinajstić information content (AvgIpc) is 2.46. The molecule has 0 aliphatic heterocycles. The molecule has 1 aromatic rings. The maximum absolute atomic E-state index is 12.0. The molecule has 0 atom stereocenters. The van der Waals surface area contributed by atoms with Crippen molar-refractivity contribution in [2.45, 2.75) is 18.4 Å². The Morgan fingerprint density at radius 2 is 1.80 bits per heavy atom. The third-order valence-electron chi connectivity index (χ3n) is 2.99. The van der Waals surface area contributed by atoms with Crippen molar-refractivity contribution in [3.63, 3.8) is 0 Å². The molecule has 1 rings (SSSR count). The molecule has 0 aromatic heterocycles. The number of nitrogens with one attached hydrogen (secondary N) is 1. The molecule has 0 saturated heterocycles. The van der Waals surface area contributed by atoms with Gasteiger partial charge in [0.25, 0.3) is 0 Å². The largest absolute Gasteiger partial charge is 0.394 e. The van der Waals surface area contributed by atoms with Crippen molar-refractivity contribution in [2.75, 3.05) is 6.61 Å². The van der Waals surface area contributed by atoms with Crippen LogP contribution in [0.2, 0.25) is 0 Å². The second kappa shape index (κ2) is 8.12. The van der Waals surface area contributed by atoms with E-state index in [1.165, 1.54) is 6.08 Å². The van der Waals surface area contributed by atoms with Crippen molar-refractivity contribution in [1.82, 2.24) is 5.32 Å². The zero-order valence-electron chi connectivity index (χ0n) is 11.6. The van der Waals surface area contributed by atoms with Gasteiger partial charge in [0.2, 0.25) is 5.91 Å². The first kappa shape index (κ1) is 15.9. The summed E-state index contributed by atoms with van der Waals surface area (Å²) in [6.45, 7) is 7.17. The first-order valence-corrected chi connectivity index (χ1v) is 6.54. The molecular weight excluding hydrogens is 250 g/mol. The topological polar surface area (TPSA) is 49.3 Å². The fraction of sp³-hybridized carbons (Fsp3) is 0.235. The standard InChI is InChI=1S/C17H21NO2/c1-3-12-17(14-19,13-4-2)18-16(20)11-10-15-8-6-5-7-9-15/h3-11,19H,1-2,12-14H2,(H,18,20)/b11-10+. The average molecular weight is 271 g/mol. The van der Waals surface area contributed by atoms with Crippen LogP contribution >= 0.6 is 0 Å². The van der Waals surface area contributed by atoms with Crippen molar-refractivity contribution < 1.29 is 9.90 Å². The summed E-state index contributed by atoms with van der Waals surface area (Å²) >= 11 is 0. The van der Waals surface area contributed by atoms with E-state index in [0.29, 0.717) is 12.8 Å². The third kappa shape index (κ3) is 4.86. The van der Waals surface area contributed by atoms with Crippen molar-refractivity contribution in [2.24, 2.45) is 0 Å². The van der Waals surface area contributed by atoms with Crippen LogP contribution in [-0.2, 0) is 4.79 Å². The molecule has 0 saturated carbocycles. The van der Waals surface area contributed by atoms with E-state index in [1.54, 1.807) is 18.2 Å². The summed E-state index contributed by atoms with van der Waals surface area (Å²) in [6.07, 6.45) is 7.54. The molecule has 0 bridgehead atoms. The van der Waals surface area contributed by atoms with Crippen LogP contribution in [0.3, 0.4) is 0 Å². The predicted molar refractivity (Wildman–Crippen MR) is 83.1 cm³/mol. The molecule has 1 amide bonds. The molecule has 0 spiro atoms. The van der Waals surface area contributed by atoms with Crippen LogP contribution < -0.4 is 5.32 Å². The predicted octanol–water partition coefficient (Wildman–Crippen LogP) is 2.70. The molecule has 0 fully saturated rings. The highest BCUT2D eigenvalue weighted by atomic mass is 16.3. The lowest BCUT2D eigenvalue weighted by Crippen LogP contribution is -2.50. The van der Waals surface area contributed by atoms with Gasteiger partial charge in [-0.15, -0.1) is 13.2 Å². The molecule has 0 aliphatic rings. The zero-order chi connectivity index (χ0) is 14.8. The Bertz CT molecular complexity index is 467. The van der Waals surface area contributed by atoms with E-state index in [-0.39, 0.29) is 12.5 Å². The van der Waals surface area contributed by atoms with E-state index in [9.17, 15) is 9.90 Å². The molecule has 20 heavy (non-hydrogen) atoms. The fourth-order valence-corrected chi connectivity index (χ4v) is 1.95. The van der Waals surface area contributed by atoms with Crippen LogP contribution in [-0.4, -0.2) is 23.2 Å². The Morgan fingerprint density at radius 1 is 1.20 bits per heavy atom. The second-order valence-corrected chi connectivity index (χ2v) is 4.66. The van der Waals surface area contributed by atoms with Crippen LogP contribution in [0.5, 0.6) is 0 Å². The van der Waals surface area contributed by atoms with Crippen LogP contribution in [0.1, 0.15) is 18.4 Å². The molecule has 2 N–H and O–H groups in total. The molecule has 3 nitrogen and oxygen atoms in total. The van der Waals surface area contributed by atoms with E-state index in [1.807, 2.05) is 30.3 Å². The molecule has 1 aromatic carbocycles. The van der Waals surface area contributed by atoms with Gasteiger partial charge in [-0.1, -0.05) is 42.5 Å². The van der Waals surface area contributed by atoms with Crippen molar-refractivity contribution >= 4 is 12.0 Å². The Labute approximate surface area is 120 Å². The normalized spacial score (nSPS) is 11.2. The molecular formula is C17H21NO2. The minimum absolute atomic E-state index is 0.157. The van der Waals surface area contributed by atoms with Gasteiger partial charge in [-0.05, 0) is 24.5 Å². The van der Waals surface area contributed by atoms with Crippen LogP contribution in [0.25, 0.3) is 6.08 Å². The van der Waals surface area contributed by atoms with Gasteiger partial charge in [-0.3, -0.25) is 4.79 Å². The summed E-state index contributed by atoms with van der Waals surface area (Å²) in [7, 11) is 0. The summed E-state index contributed by atoms with van der Waals surface area (Å²) in [4.78, 5) is 12.0. The molecule has 3 heteroatoms. The maximum atomic E-state index is 12.0. The highest BCUT2D eigenvalue weighted by Gasteiger charge is 2.27. The Morgan fingerprint density at radius 3 is 2.30 bits per heavy atom. The lowest BCUT2D eigenvalue weighted by molar-refractivity contribution is -0.118. The van der Waals surface area contributed by atoms with Crippen LogP contribution in [0.4, 0.5) is 0 Å². The van der Waals surface area contributed by atoms with E-state index in [4.69, 9.17) is 0 Å². The summed E-state index contributed by atoms with van der Waals surface area (Å²) in [5.41, 5.74) is 0.228. The Hall–Kier alpha value is -2.13. The summed E-state index contributed by atoms with van der Waals surface area (Å²) in [6, 6.07) is 9.56. The third-order valence-corrected chi connectivity index (χ3v) is 2.99. The van der Waals surface area contributed by atoms with Gasteiger partial charge in [0.15, 0.2) is 0 Å². The quantitative estimate of drug-likeness (QED) is 0.564.